The van der Waals surface area contributed by atoms with Gasteiger partial charge in [-0.15, -0.1) is 0 Å². The molecule has 0 saturated heterocycles. The summed E-state index contributed by atoms with van der Waals surface area (Å²) < 4.78 is 0.304. The average Bonchev–Trinajstić information content (AvgIpc) is 2.29. The van der Waals surface area contributed by atoms with Crippen LogP contribution in [0.3, 0.4) is 0 Å². The number of hydrogen-bond donors (Lipinski definition) is 4. The van der Waals surface area contributed by atoms with Gasteiger partial charge in [-0.1, -0.05) is 12.2 Å². The van der Waals surface area contributed by atoms with E-state index in [-0.39, 0.29) is 11.6 Å². The fraction of sp³-hybridized carbons (Fsp3) is 0. The fourth-order valence-corrected chi connectivity index (χ4v) is 1.19. The summed E-state index contributed by atoms with van der Waals surface area (Å²) in [5.41, 5.74) is 5.89. The van der Waals surface area contributed by atoms with Crippen LogP contribution >= 0.6 is 12.2 Å². The largest absolute Gasteiger partial charge is 0.369 e. The first kappa shape index (κ1) is 7.04. The lowest BCUT2D eigenvalue weighted by molar-refractivity contribution is 1.09. The highest BCUT2D eigenvalue weighted by Crippen LogP contribution is 2.06. The molecular formula is C5H5N5OS. The molecule has 0 atom stereocenters. The lowest BCUT2D eigenvalue weighted by Crippen LogP contribution is -2.09. The van der Waals surface area contributed by atoms with E-state index in [1.807, 2.05) is 0 Å². The molecule has 6 nitrogen and oxygen atoms in total. The molecule has 0 aliphatic carbocycles. The van der Waals surface area contributed by atoms with E-state index in [4.69, 9.17) is 18.0 Å². The number of nitrogens with two attached hydrogens (primary N) is 1. The second kappa shape index (κ2) is 2.18. The summed E-state index contributed by atoms with van der Waals surface area (Å²) in [6, 6.07) is 0. The quantitative estimate of drug-likeness (QED) is 0.428. The molecule has 0 aliphatic heterocycles. The molecule has 12 heavy (non-hydrogen) atoms. The minimum absolute atomic E-state index is 0.228. The van der Waals surface area contributed by atoms with Crippen LogP contribution in [0.25, 0.3) is 11.2 Å². The van der Waals surface area contributed by atoms with Gasteiger partial charge in [0, 0.05) is 0 Å². The zero-order chi connectivity index (χ0) is 8.72. The SMILES string of the molecule is Nc1nc2[nH]c(=O)[nH]c(=S)c2[nH]1. The van der Waals surface area contributed by atoms with Crippen molar-refractivity contribution in [1.82, 2.24) is 19.9 Å². The highest BCUT2D eigenvalue weighted by molar-refractivity contribution is 7.71. The summed E-state index contributed by atoms with van der Waals surface area (Å²) in [5.74, 6) is 0.228. The van der Waals surface area contributed by atoms with Crippen LogP contribution in [0, 0.1) is 4.64 Å². The Labute approximate surface area is 70.8 Å². The smallest absolute Gasteiger partial charge is 0.325 e. The van der Waals surface area contributed by atoms with Crippen molar-refractivity contribution in [2.75, 3.05) is 5.73 Å². The van der Waals surface area contributed by atoms with E-state index < -0.39 is 0 Å². The molecule has 0 saturated carbocycles. The van der Waals surface area contributed by atoms with E-state index >= 15 is 0 Å². The molecule has 0 fully saturated rings. The Kier molecular flexibility index (Phi) is 1.28. The summed E-state index contributed by atoms with van der Waals surface area (Å²) >= 11 is 4.85. The first-order valence-corrected chi connectivity index (χ1v) is 3.55. The number of H-pyrrole nitrogens is 3. The molecule has 5 N–H and O–H groups in total. The molecule has 0 aliphatic rings. The number of fused-ring (bicyclic) bond motifs is 1. The van der Waals surface area contributed by atoms with Crippen LogP contribution in [0.2, 0.25) is 0 Å². The summed E-state index contributed by atoms with van der Waals surface area (Å²) in [7, 11) is 0. The predicted molar refractivity (Wildman–Crippen MR) is 46.3 cm³/mol. The molecule has 2 aromatic rings. The maximum absolute atomic E-state index is 10.8. The predicted octanol–water partition coefficient (Wildman–Crippen LogP) is -0.109. The van der Waals surface area contributed by atoms with Crippen LogP contribution in [0.4, 0.5) is 5.95 Å². The van der Waals surface area contributed by atoms with Crippen molar-refractivity contribution in [3.8, 4) is 0 Å². The first-order valence-electron chi connectivity index (χ1n) is 3.14. The fourth-order valence-electron chi connectivity index (χ4n) is 0.951. The topological polar surface area (TPSA) is 103 Å². The van der Waals surface area contributed by atoms with Crippen LogP contribution in [0.1, 0.15) is 0 Å². The van der Waals surface area contributed by atoms with Gasteiger partial charge in [-0.2, -0.15) is 4.98 Å². The maximum atomic E-state index is 10.8. The molecule has 62 valence electrons. The Balaban J connectivity index is 3.08. The number of anilines is 1. The number of hydrogen-bond acceptors (Lipinski definition) is 4. The lowest BCUT2D eigenvalue weighted by atomic mass is 10.6. The minimum Gasteiger partial charge on any atom is -0.369 e. The van der Waals surface area contributed by atoms with Crippen LogP contribution in [0.15, 0.2) is 4.79 Å². The molecule has 0 bridgehead atoms. The third-order valence-electron chi connectivity index (χ3n) is 1.41. The first-order chi connectivity index (χ1) is 5.66. The molecule has 0 aromatic carbocycles. The van der Waals surface area contributed by atoms with Crippen molar-refractivity contribution in [2.24, 2.45) is 0 Å². The summed E-state index contributed by atoms with van der Waals surface area (Å²) in [6.07, 6.45) is 0. The lowest BCUT2D eigenvalue weighted by Gasteiger charge is -1.85. The molecule has 2 rings (SSSR count). The summed E-state index contributed by atoms with van der Waals surface area (Å²) in [4.78, 5) is 22.2. The van der Waals surface area contributed by atoms with Gasteiger partial charge in [0.05, 0.1) is 0 Å². The van der Waals surface area contributed by atoms with Gasteiger partial charge < -0.3 is 10.7 Å². The Bertz CT molecular complexity index is 534. The number of nitrogens with zero attached hydrogens (tertiary/aromatic N) is 1. The van der Waals surface area contributed by atoms with Gasteiger partial charge in [0.15, 0.2) is 11.6 Å². The van der Waals surface area contributed by atoms with Gasteiger partial charge in [-0.05, 0) is 0 Å². The van der Waals surface area contributed by atoms with Gasteiger partial charge in [0.2, 0.25) is 0 Å². The van der Waals surface area contributed by atoms with Crippen LogP contribution in [-0.2, 0) is 0 Å². The standard InChI is InChI=1S/C5H5N5OS/c6-4-7-1-2(8-4)9-5(11)10-3(1)12/h(H5,6,7,8,9,10,11,12). The number of aromatic nitrogens is 4. The van der Waals surface area contributed by atoms with Crippen LogP contribution < -0.4 is 11.4 Å². The summed E-state index contributed by atoms with van der Waals surface area (Å²) in [6.45, 7) is 0. The van der Waals surface area contributed by atoms with Gasteiger partial charge in [-0.3, -0.25) is 9.97 Å². The van der Waals surface area contributed by atoms with E-state index in [0.29, 0.717) is 15.8 Å². The number of rotatable bonds is 0. The van der Waals surface area contributed by atoms with Crippen molar-refractivity contribution in [2.45, 2.75) is 0 Å². The van der Waals surface area contributed by atoms with Gasteiger partial charge in [0.25, 0.3) is 0 Å². The van der Waals surface area contributed by atoms with Crippen molar-refractivity contribution in [1.29, 1.82) is 0 Å². The molecule has 7 heteroatoms. The molecule has 0 spiro atoms. The zero-order valence-corrected chi connectivity index (χ0v) is 6.66. The second-order valence-electron chi connectivity index (χ2n) is 2.25. The molecule has 0 unspecified atom stereocenters. The second-order valence-corrected chi connectivity index (χ2v) is 2.66. The molecule has 2 aromatic heterocycles. The van der Waals surface area contributed by atoms with E-state index in [0.717, 1.165) is 0 Å². The van der Waals surface area contributed by atoms with Crippen LogP contribution in [0.5, 0.6) is 0 Å². The minimum atomic E-state index is -0.390. The number of nitrogens with one attached hydrogen (secondary N) is 3. The molecule has 2 heterocycles. The Morgan fingerprint density at radius 2 is 2.08 bits per heavy atom. The molecule has 0 radical (unpaired) electrons. The Morgan fingerprint density at radius 1 is 1.33 bits per heavy atom. The van der Waals surface area contributed by atoms with Crippen molar-refractivity contribution < 1.29 is 0 Å². The highest BCUT2D eigenvalue weighted by Gasteiger charge is 2.01. The normalized spacial score (nSPS) is 10.7. The van der Waals surface area contributed by atoms with Crippen molar-refractivity contribution >= 4 is 29.3 Å². The van der Waals surface area contributed by atoms with E-state index in [2.05, 4.69) is 19.9 Å². The van der Waals surface area contributed by atoms with Crippen LogP contribution in [-0.4, -0.2) is 19.9 Å². The maximum Gasteiger partial charge on any atom is 0.325 e. The third-order valence-corrected chi connectivity index (χ3v) is 1.71. The third kappa shape index (κ3) is 0.909. The van der Waals surface area contributed by atoms with E-state index in [9.17, 15) is 4.79 Å². The van der Waals surface area contributed by atoms with E-state index in [1.165, 1.54) is 0 Å². The van der Waals surface area contributed by atoms with Gasteiger partial charge >= 0.3 is 5.69 Å². The monoisotopic (exact) mass is 183 g/mol. The van der Waals surface area contributed by atoms with Gasteiger partial charge in [0.1, 0.15) is 10.2 Å². The zero-order valence-electron chi connectivity index (χ0n) is 5.84. The van der Waals surface area contributed by atoms with E-state index in [1.54, 1.807) is 0 Å². The van der Waals surface area contributed by atoms with Gasteiger partial charge in [-0.25, -0.2) is 4.79 Å². The number of imidazole rings is 1. The average molecular weight is 183 g/mol. The summed E-state index contributed by atoms with van der Waals surface area (Å²) in [5, 5.41) is 0. The Hall–Kier alpha value is -1.63. The van der Waals surface area contributed by atoms with Crippen molar-refractivity contribution in [3.05, 3.63) is 15.1 Å². The van der Waals surface area contributed by atoms with Crippen molar-refractivity contribution in [3.63, 3.8) is 0 Å². The molecule has 0 amide bonds. The highest BCUT2D eigenvalue weighted by atomic mass is 32.1. The number of nitrogen functional groups attached to an aromatic ring is 1. The Morgan fingerprint density at radius 3 is 2.83 bits per heavy atom. The molecular weight excluding hydrogens is 178 g/mol. The number of aromatic amines is 3.